The molecule has 1 aromatic heterocycles. The van der Waals surface area contributed by atoms with Gasteiger partial charge in [0.25, 0.3) is 0 Å². The third-order valence-corrected chi connectivity index (χ3v) is 6.38. The fourth-order valence-corrected chi connectivity index (χ4v) is 5.18. The van der Waals surface area contributed by atoms with Crippen molar-refractivity contribution >= 4 is 11.7 Å². The van der Waals surface area contributed by atoms with Crippen molar-refractivity contribution in [3.8, 4) is 6.07 Å². The standard InChI is InChI=1S/C22H34N4O/c1-15-10-16(2)13-25(12-15)14-21(27)24-22-20(11-23)17(3)18(4)26(22)19-8-6-5-7-9-19/h15-16,19H,5-10,12-14H2,1-4H3,(H,24,27). The number of piperidine rings is 1. The van der Waals surface area contributed by atoms with E-state index in [4.69, 9.17) is 0 Å². The number of rotatable bonds is 4. The first kappa shape index (κ1) is 19.9. The lowest BCUT2D eigenvalue weighted by Gasteiger charge is -2.34. The van der Waals surface area contributed by atoms with Crippen molar-refractivity contribution in [2.45, 2.75) is 72.3 Å². The number of carbonyl (C=O) groups is 1. The zero-order valence-electron chi connectivity index (χ0n) is 17.3. The number of likely N-dealkylation sites (tertiary alicyclic amines) is 1. The zero-order valence-corrected chi connectivity index (χ0v) is 17.3. The molecule has 3 rings (SSSR count). The minimum atomic E-state index is 0.00218. The highest BCUT2D eigenvalue weighted by atomic mass is 16.2. The molecule has 1 N–H and O–H groups in total. The molecule has 27 heavy (non-hydrogen) atoms. The van der Waals surface area contributed by atoms with Gasteiger partial charge in [0, 0.05) is 24.8 Å². The van der Waals surface area contributed by atoms with Gasteiger partial charge in [-0.1, -0.05) is 33.1 Å². The van der Waals surface area contributed by atoms with E-state index in [-0.39, 0.29) is 5.91 Å². The topological polar surface area (TPSA) is 61.1 Å². The normalized spacial score (nSPS) is 24.6. The number of hydrogen-bond acceptors (Lipinski definition) is 3. The van der Waals surface area contributed by atoms with Crippen molar-refractivity contribution in [1.29, 1.82) is 5.26 Å². The second-order valence-electron chi connectivity index (χ2n) is 8.90. The maximum Gasteiger partial charge on any atom is 0.239 e. The van der Waals surface area contributed by atoms with Gasteiger partial charge >= 0.3 is 0 Å². The van der Waals surface area contributed by atoms with E-state index in [2.05, 4.69) is 41.6 Å². The van der Waals surface area contributed by atoms with E-state index in [1.54, 1.807) is 0 Å². The molecule has 1 saturated heterocycles. The Bertz CT molecular complexity index is 714. The van der Waals surface area contributed by atoms with Crippen LogP contribution < -0.4 is 5.32 Å². The molecule has 2 heterocycles. The van der Waals surface area contributed by atoms with Crippen LogP contribution in [0.1, 0.15) is 75.2 Å². The molecule has 0 spiro atoms. The fraction of sp³-hybridized carbons (Fsp3) is 0.727. The monoisotopic (exact) mass is 370 g/mol. The summed E-state index contributed by atoms with van der Waals surface area (Å²) in [4.78, 5) is 15.1. The first-order chi connectivity index (χ1) is 12.9. The van der Waals surface area contributed by atoms with E-state index >= 15 is 0 Å². The van der Waals surface area contributed by atoms with Crippen LogP contribution in [-0.4, -0.2) is 35.0 Å². The third kappa shape index (κ3) is 4.38. The van der Waals surface area contributed by atoms with Gasteiger partial charge in [0.1, 0.15) is 11.9 Å². The van der Waals surface area contributed by atoms with Crippen LogP contribution in [0.3, 0.4) is 0 Å². The Balaban J connectivity index is 1.79. The largest absolute Gasteiger partial charge is 0.327 e. The average molecular weight is 371 g/mol. The molecule has 2 unspecified atom stereocenters. The molecule has 5 heteroatoms. The molecule has 1 aromatic rings. The minimum absolute atomic E-state index is 0.00218. The Morgan fingerprint density at radius 2 is 1.78 bits per heavy atom. The van der Waals surface area contributed by atoms with Crippen LogP contribution in [0.2, 0.25) is 0 Å². The van der Waals surface area contributed by atoms with Gasteiger partial charge in [-0.15, -0.1) is 0 Å². The Morgan fingerprint density at radius 1 is 1.15 bits per heavy atom. The summed E-state index contributed by atoms with van der Waals surface area (Å²) in [5.41, 5.74) is 2.75. The summed E-state index contributed by atoms with van der Waals surface area (Å²) >= 11 is 0. The summed E-state index contributed by atoms with van der Waals surface area (Å²) in [7, 11) is 0. The van der Waals surface area contributed by atoms with Gasteiger partial charge in [0.15, 0.2) is 0 Å². The molecule has 1 saturated carbocycles. The van der Waals surface area contributed by atoms with E-state index in [0.29, 0.717) is 30.0 Å². The van der Waals surface area contributed by atoms with Crippen molar-refractivity contribution in [3.05, 3.63) is 16.8 Å². The van der Waals surface area contributed by atoms with Gasteiger partial charge in [-0.25, -0.2) is 0 Å². The summed E-state index contributed by atoms with van der Waals surface area (Å²) in [6.07, 6.45) is 7.22. The number of nitrogens with zero attached hydrogens (tertiary/aromatic N) is 3. The Kier molecular flexibility index (Phi) is 6.26. The predicted octanol–water partition coefficient (Wildman–Crippen LogP) is 4.40. The van der Waals surface area contributed by atoms with Crippen LogP contribution in [0.5, 0.6) is 0 Å². The first-order valence-corrected chi connectivity index (χ1v) is 10.5. The van der Waals surface area contributed by atoms with Crippen LogP contribution in [0, 0.1) is 37.0 Å². The Morgan fingerprint density at radius 3 is 2.37 bits per heavy atom. The van der Waals surface area contributed by atoms with Crippen molar-refractivity contribution in [2.24, 2.45) is 11.8 Å². The van der Waals surface area contributed by atoms with E-state index in [1.165, 1.54) is 25.7 Å². The lowest BCUT2D eigenvalue weighted by Crippen LogP contribution is -2.43. The minimum Gasteiger partial charge on any atom is -0.327 e. The number of nitriles is 1. The second kappa shape index (κ2) is 8.48. The van der Waals surface area contributed by atoms with Crippen molar-refractivity contribution in [1.82, 2.24) is 9.47 Å². The zero-order chi connectivity index (χ0) is 19.6. The second-order valence-corrected chi connectivity index (χ2v) is 8.90. The molecule has 2 aliphatic rings. The Hall–Kier alpha value is -1.80. The molecule has 1 aliphatic heterocycles. The highest BCUT2D eigenvalue weighted by molar-refractivity contribution is 5.93. The molecule has 148 valence electrons. The van der Waals surface area contributed by atoms with Crippen LogP contribution in [0.25, 0.3) is 0 Å². The maximum atomic E-state index is 12.8. The van der Waals surface area contributed by atoms with Crippen molar-refractivity contribution < 1.29 is 4.79 Å². The van der Waals surface area contributed by atoms with Crippen LogP contribution >= 0.6 is 0 Å². The first-order valence-electron chi connectivity index (χ1n) is 10.5. The molecule has 5 nitrogen and oxygen atoms in total. The van der Waals surface area contributed by atoms with Gasteiger partial charge in [0.05, 0.1) is 12.1 Å². The maximum absolute atomic E-state index is 12.8. The SMILES string of the molecule is Cc1c(C#N)c(NC(=O)CN2CC(C)CC(C)C2)n(C2CCCCC2)c1C. The molecule has 0 aromatic carbocycles. The van der Waals surface area contributed by atoms with E-state index < -0.39 is 0 Å². The predicted molar refractivity (Wildman–Crippen MR) is 109 cm³/mol. The summed E-state index contributed by atoms with van der Waals surface area (Å²) in [6, 6.07) is 2.73. The van der Waals surface area contributed by atoms with Crippen LogP contribution in [0.15, 0.2) is 0 Å². The molecule has 1 amide bonds. The number of anilines is 1. The highest BCUT2D eigenvalue weighted by Crippen LogP contribution is 2.36. The van der Waals surface area contributed by atoms with Crippen LogP contribution in [0.4, 0.5) is 5.82 Å². The summed E-state index contributed by atoms with van der Waals surface area (Å²) in [5, 5.41) is 12.8. The van der Waals surface area contributed by atoms with Crippen molar-refractivity contribution in [3.63, 3.8) is 0 Å². The van der Waals surface area contributed by atoms with Gasteiger partial charge < -0.3 is 9.88 Å². The highest BCUT2D eigenvalue weighted by Gasteiger charge is 2.27. The molecule has 2 atom stereocenters. The summed E-state index contributed by atoms with van der Waals surface area (Å²) in [5.74, 6) is 1.99. The molecule has 0 radical (unpaired) electrons. The number of nitrogens with one attached hydrogen (secondary N) is 1. The Labute approximate surface area is 163 Å². The van der Waals surface area contributed by atoms with Gasteiger partial charge in [-0.2, -0.15) is 5.26 Å². The molecular formula is C22H34N4O. The van der Waals surface area contributed by atoms with E-state index in [0.717, 1.165) is 43.0 Å². The van der Waals surface area contributed by atoms with Crippen molar-refractivity contribution in [2.75, 3.05) is 25.0 Å². The van der Waals surface area contributed by atoms with Crippen LogP contribution in [-0.2, 0) is 4.79 Å². The molecule has 1 aliphatic carbocycles. The van der Waals surface area contributed by atoms with Gasteiger partial charge in [-0.3, -0.25) is 9.69 Å². The van der Waals surface area contributed by atoms with E-state index in [1.807, 2.05) is 6.92 Å². The molecular weight excluding hydrogens is 336 g/mol. The molecule has 2 fully saturated rings. The number of carbonyl (C=O) groups excluding carboxylic acids is 1. The average Bonchev–Trinajstić information content (AvgIpc) is 2.84. The summed E-state index contributed by atoms with van der Waals surface area (Å²) < 4.78 is 2.24. The fourth-order valence-electron chi connectivity index (χ4n) is 5.18. The number of amides is 1. The van der Waals surface area contributed by atoms with Gasteiger partial charge in [-0.05, 0) is 50.5 Å². The lowest BCUT2D eigenvalue weighted by atomic mass is 9.92. The van der Waals surface area contributed by atoms with E-state index in [9.17, 15) is 10.1 Å². The molecule has 0 bridgehead atoms. The number of hydrogen-bond donors (Lipinski definition) is 1. The lowest BCUT2D eigenvalue weighted by molar-refractivity contribution is -0.118. The number of aromatic nitrogens is 1. The summed E-state index contributed by atoms with van der Waals surface area (Å²) in [6.45, 7) is 11.0. The van der Waals surface area contributed by atoms with Gasteiger partial charge in [0.2, 0.25) is 5.91 Å². The quantitative estimate of drug-likeness (QED) is 0.854. The smallest absolute Gasteiger partial charge is 0.239 e. The third-order valence-electron chi connectivity index (χ3n) is 6.38.